The second-order valence-electron chi connectivity index (χ2n) is 8.33. The Morgan fingerprint density at radius 1 is 1.08 bits per heavy atom. The number of ether oxygens (including phenoxy) is 1. The van der Waals surface area contributed by atoms with Gasteiger partial charge in [0.05, 0.1) is 17.4 Å². The summed E-state index contributed by atoms with van der Waals surface area (Å²) in [5.74, 6) is -2.97. The summed E-state index contributed by atoms with van der Waals surface area (Å²) >= 11 is 0. The van der Waals surface area contributed by atoms with Crippen LogP contribution in [0.15, 0.2) is 23.3 Å². The van der Waals surface area contributed by atoms with E-state index in [4.69, 9.17) is 4.74 Å². The molecule has 1 heterocycles. The van der Waals surface area contributed by atoms with Crippen LogP contribution in [0.5, 0.6) is 0 Å². The van der Waals surface area contributed by atoms with E-state index >= 15 is 0 Å². The van der Waals surface area contributed by atoms with Crippen LogP contribution in [0.2, 0.25) is 0 Å². The Hall–Kier alpha value is -1.79. The molecule has 4 aliphatic rings. The van der Waals surface area contributed by atoms with E-state index in [1.54, 1.807) is 27.7 Å². The van der Waals surface area contributed by atoms with Crippen molar-refractivity contribution in [3.05, 3.63) is 23.3 Å². The first-order valence-electron chi connectivity index (χ1n) is 8.62. The van der Waals surface area contributed by atoms with Gasteiger partial charge in [0.25, 0.3) is 0 Å². The largest absolute Gasteiger partial charge is 0.459 e. The topological polar surface area (TPSA) is 101 Å². The van der Waals surface area contributed by atoms with Crippen LogP contribution in [0.3, 0.4) is 0 Å². The molecular formula is C19H22O6. The third kappa shape index (κ3) is 1.65. The molecule has 0 aromatic heterocycles. The number of allylic oxidation sites excluding steroid dienone is 2. The number of rotatable bonds is 0. The van der Waals surface area contributed by atoms with E-state index in [1.807, 2.05) is 0 Å². The molecule has 0 radical (unpaired) electrons. The van der Waals surface area contributed by atoms with Gasteiger partial charge in [-0.3, -0.25) is 14.4 Å². The molecule has 6 heteroatoms. The molecule has 2 bridgehead atoms. The molecule has 1 aliphatic heterocycles. The summed E-state index contributed by atoms with van der Waals surface area (Å²) in [5.41, 5.74) is -1.20. The highest BCUT2D eigenvalue weighted by Crippen LogP contribution is 2.65. The van der Waals surface area contributed by atoms with Crippen LogP contribution >= 0.6 is 0 Å². The van der Waals surface area contributed by atoms with Crippen molar-refractivity contribution in [3.8, 4) is 0 Å². The SMILES string of the molecule is CC1=CC(=O)[C@@H](O)[C@@]2(C)C1=CC(=O)[C@]1(C)[C@H]2[C@@H](O)[C@@H]2OC(=O)[C@H]1[C@H]2C. The van der Waals surface area contributed by atoms with Crippen molar-refractivity contribution >= 4 is 17.5 Å². The standard InChI is InChI=1S/C19H22O6/c1-7-5-10(20)16(23)18(3)9(7)6-11(21)19(4)12-8(2)14(25-17(12)24)13(22)15(18)19/h5-6,8,12-16,22-23H,1-4H3/t8-,12-,13+,14-,15+,16-,18+,19+/m1/s1. The fourth-order valence-corrected chi connectivity index (χ4v) is 6.04. The molecule has 0 unspecified atom stereocenters. The number of esters is 1. The quantitative estimate of drug-likeness (QED) is 0.622. The van der Waals surface area contributed by atoms with Gasteiger partial charge in [0.15, 0.2) is 11.6 Å². The molecule has 25 heavy (non-hydrogen) atoms. The number of aliphatic hydroxyl groups excluding tert-OH is 2. The molecule has 0 aromatic rings. The highest BCUT2D eigenvalue weighted by atomic mass is 16.6. The van der Waals surface area contributed by atoms with Crippen LogP contribution in [0.1, 0.15) is 27.7 Å². The number of aliphatic hydroxyl groups is 2. The third-order valence-corrected chi connectivity index (χ3v) is 7.17. The van der Waals surface area contributed by atoms with Gasteiger partial charge in [0, 0.05) is 17.3 Å². The van der Waals surface area contributed by atoms with E-state index in [0.717, 1.165) is 0 Å². The fourth-order valence-electron chi connectivity index (χ4n) is 6.04. The highest BCUT2D eigenvalue weighted by molar-refractivity contribution is 6.04. The molecule has 2 fully saturated rings. The van der Waals surface area contributed by atoms with Gasteiger partial charge in [-0.25, -0.2) is 0 Å². The maximum Gasteiger partial charge on any atom is 0.310 e. The predicted molar refractivity (Wildman–Crippen MR) is 86.1 cm³/mol. The second kappa shape index (κ2) is 4.68. The van der Waals surface area contributed by atoms with Crippen LogP contribution in [0, 0.1) is 28.6 Å². The lowest BCUT2D eigenvalue weighted by molar-refractivity contribution is -0.178. The molecule has 4 rings (SSSR count). The predicted octanol–water partition coefficient (Wildman–Crippen LogP) is 0.566. The number of carbonyl (C=O) groups excluding carboxylic acids is 3. The maximum atomic E-state index is 13.1. The van der Waals surface area contributed by atoms with Gasteiger partial charge >= 0.3 is 5.97 Å². The Bertz CT molecular complexity index is 779. The Balaban J connectivity index is 2.02. The lowest BCUT2D eigenvalue weighted by Gasteiger charge is -2.59. The molecule has 2 N–H and O–H groups in total. The van der Waals surface area contributed by atoms with E-state index in [-0.39, 0.29) is 11.7 Å². The fraction of sp³-hybridized carbons (Fsp3) is 0.632. The molecule has 0 amide bonds. The molecule has 134 valence electrons. The van der Waals surface area contributed by atoms with Gasteiger partial charge < -0.3 is 14.9 Å². The number of ketones is 2. The van der Waals surface area contributed by atoms with Crippen molar-refractivity contribution in [2.45, 2.75) is 46.0 Å². The maximum absolute atomic E-state index is 13.1. The Labute approximate surface area is 145 Å². The molecule has 1 saturated carbocycles. The summed E-state index contributed by atoms with van der Waals surface area (Å²) in [7, 11) is 0. The molecule has 0 aromatic carbocycles. The van der Waals surface area contributed by atoms with Crippen LogP contribution in [0.4, 0.5) is 0 Å². The van der Waals surface area contributed by atoms with Crippen LogP contribution in [0.25, 0.3) is 0 Å². The summed E-state index contributed by atoms with van der Waals surface area (Å²) in [6, 6.07) is 0. The van der Waals surface area contributed by atoms with Gasteiger partial charge in [0.1, 0.15) is 12.2 Å². The van der Waals surface area contributed by atoms with Crippen LogP contribution in [-0.4, -0.2) is 46.1 Å². The van der Waals surface area contributed by atoms with Gasteiger partial charge in [0.2, 0.25) is 0 Å². The zero-order valence-electron chi connectivity index (χ0n) is 14.6. The number of fused-ring (bicyclic) bond motifs is 6. The zero-order valence-corrected chi connectivity index (χ0v) is 14.6. The summed E-state index contributed by atoms with van der Waals surface area (Å²) < 4.78 is 5.38. The van der Waals surface area contributed by atoms with Crippen molar-refractivity contribution in [2.24, 2.45) is 28.6 Å². The van der Waals surface area contributed by atoms with E-state index in [2.05, 4.69) is 0 Å². The lowest BCUT2D eigenvalue weighted by Crippen LogP contribution is -2.67. The summed E-state index contributed by atoms with van der Waals surface area (Å²) in [5, 5.41) is 21.8. The molecule has 6 nitrogen and oxygen atoms in total. The summed E-state index contributed by atoms with van der Waals surface area (Å²) in [6.07, 6.45) is -0.453. The molecule has 8 atom stereocenters. The molecule has 1 saturated heterocycles. The first-order chi connectivity index (χ1) is 11.6. The lowest BCUT2D eigenvalue weighted by atomic mass is 9.43. The summed E-state index contributed by atoms with van der Waals surface area (Å²) in [4.78, 5) is 37.9. The molecule has 0 spiro atoms. The normalized spacial score (nSPS) is 51.4. The van der Waals surface area contributed by atoms with E-state index in [1.165, 1.54) is 12.2 Å². The first-order valence-corrected chi connectivity index (χ1v) is 8.62. The Kier molecular flexibility index (Phi) is 3.12. The number of hydrogen-bond acceptors (Lipinski definition) is 6. The van der Waals surface area contributed by atoms with Crippen molar-refractivity contribution in [3.63, 3.8) is 0 Å². The second-order valence-corrected chi connectivity index (χ2v) is 8.33. The minimum atomic E-state index is -1.38. The van der Waals surface area contributed by atoms with E-state index in [9.17, 15) is 24.6 Å². The third-order valence-electron chi connectivity index (χ3n) is 7.17. The minimum Gasteiger partial charge on any atom is -0.459 e. The number of hydrogen-bond donors (Lipinski definition) is 2. The monoisotopic (exact) mass is 346 g/mol. The Morgan fingerprint density at radius 3 is 2.36 bits per heavy atom. The number of carbonyl (C=O) groups is 3. The average molecular weight is 346 g/mol. The Morgan fingerprint density at radius 2 is 1.72 bits per heavy atom. The van der Waals surface area contributed by atoms with Crippen LogP contribution < -0.4 is 0 Å². The molecule has 3 aliphatic carbocycles. The average Bonchev–Trinajstić information content (AvgIpc) is 2.78. The van der Waals surface area contributed by atoms with Gasteiger partial charge in [-0.15, -0.1) is 0 Å². The van der Waals surface area contributed by atoms with Crippen molar-refractivity contribution < 1.29 is 29.3 Å². The first kappa shape index (κ1) is 16.7. The van der Waals surface area contributed by atoms with Crippen molar-refractivity contribution in [1.29, 1.82) is 0 Å². The van der Waals surface area contributed by atoms with Gasteiger partial charge in [-0.1, -0.05) is 20.8 Å². The highest BCUT2D eigenvalue weighted by Gasteiger charge is 2.73. The van der Waals surface area contributed by atoms with Gasteiger partial charge in [-0.05, 0) is 30.2 Å². The minimum absolute atomic E-state index is 0.257. The zero-order chi connectivity index (χ0) is 18.5. The van der Waals surface area contributed by atoms with Crippen molar-refractivity contribution in [2.75, 3.05) is 0 Å². The van der Waals surface area contributed by atoms with E-state index < -0.39 is 52.7 Å². The molecular weight excluding hydrogens is 324 g/mol. The van der Waals surface area contributed by atoms with E-state index in [0.29, 0.717) is 11.1 Å². The van der Waals surface area contributed by atoms with Crippen molar-refractivity contribution in [1.82, 2.24) is 0 Å². The smallest absolute Gasteiger partial charge is 0.310 e. The summed E-state index contributed by atoms with van der Waals surface area (Å²) in [6.45, 7) is 6.89. The van der Waals surface area contributed by atoms with Crippen LogP contribution in [-0.2, 0) is 19.1 Å². The van der Waals surface area contributed by atoms with Gasteiger partial charge in [-0.2, -0.15) is 0 Å².